The van der Waals surface area contributed by atoms with E-state index in [1.165, 1.54) is 44.7 Å². The van der Waals surface area contributed by atoms with Gasteiger partial charge in [0, 0.05) is 45.1 Å². The van der Waals surface area contributed by atoms with Crippen LogP contribution in [0.25, 0.3) is 11.0 Å². The molecule has 0 aliphatic carbocycles. The third-order valence-corrected chi connectivity index (χ3v) is 4.01. The normalized spacial score (nSPS) is 18.2. The zero-order valence-electron chi connectivity index (χ0n) is 11.6. The molecule has 4 heteroatoms. The minimum atomic E-state index is 1.08. The average molecular weight is 258 g/mol. The molecule has 3 rings (SSSR count). The highest BCUT2D eigenvalue weighted by atomic mass is 15.2. The Morgan fingerprint density at radius 1 is 1.11 bits per heavy atom. The Balaban J connectivity index is 1.52. The molecule has 1 fully saturated rings. The van der Waals surface area contributed by atoms with Crippen LogP contribution in [-0.4, -0.2) is 59.1 Å². The highest BCUT2D eigenvalue weighted by Gasteiger charge is 2.12. The van der Waals surface area contributed by atoms with Crippen LogP contribution in [0.15, 0.2) is 30.6 Å². The summed E-state index contributed by atoms with van der Waals surface area (Å²) in [6, 6.07) is 6.27. The second kappa shape index (κ2) is 5.72. The molecule has 1 saturated heterocycles. The molecule has 0 radical (unpaired) electrons. The zero-order chi connectivity index (χ0) is 13.1. The van der Waals surface area contributed by atoms with Crippen LogP contribution in [0.3, 0.4) is 0 Å². The molecule has 0 saturated carbocycles. The van der Waals surface area contributed by atoms with Gasteiger partial charge in [0.15, 0.2) is 0 Å². The summed E-state index contributed by atoms with van der Waals surface area (Å²) in [5.41, 5.74) is 2.35. The summed E-state index contributed by atoms with van der Waals surface area (Å²) in [7, 11) is 2.20. The molecule has 0 N–H and O–H groups in total. The third kappa shape index (κ3) is 2.96. The summed E-state index contributed by atoms with van der Waals surface area (Å²) < 4.78 is 2.32. The monoisotopic (exact) mass is 258 g/mol. The van der Waals surface area contributed by atoms with Crippen LogP contribution in [-0.2, 0) is 6.54 Å². The number of aromatic nitrogens is 2. The van der Waals surface area contributed by atoms with Crippen molar-refractivity contribution in [3.8, 4) is 0 Å². The Morgan fingerprint density at radius 3 is 2.79 bits per heavy atom. The molecule has 1 aliphatic heterocycles. The first-order valence-electron chi connectivity index (χ1n) is 7.14. The highest BCUT2D eigenvalue weighted by Crippen LogP contribution is 2.13. The van der Waals surface area contributed by atoms with Crippen LogP contribution in [0.1, 0.15) is 6.42 Å². The number of fused-ring (bicyclic) bond motifs is 1. The number of aryl methyl sites for hydroxylation is 1. The fourth-order valence-electron chi connectivity index (χ4n) is 2.75. The van der Waals surface area contributed by atoms with Crippen molar-refractivity contribution >= 4 is 11.0 Å². The molecule has 19 heavy (non-hydrogen) atoms. The van der Waals surface area contributed by atoms with Crippen LogP contribution >= 0.6 is 0 Å². The summed E-state index contributed by atoms with van der Waals surface area (Å²) in [4.78, 5) is 9.35. The van der Waals surface area contributed by atoms with E-state index >= 15 is 0 Å². The zero-order valence-corrected chi connectivity index (χ0v) is 11.6. The second-order valence-electron chi connectivity index (χ2n) is 5.42. The minimum absolute atomic E-state index is 1.08. The standard InChI is InChI=1S/C15H22N4/c1-17-10-12-18(13-11-17)7-3-8-19-9-5-14-15(19)4-2-6-16-14/h2,4-6,9H,3,7-8,10-13H2,1H3. The van der Waals surface area contributed by atoms with Gasteiger partial charge in [-0.15, -0.1) is 0 Å². The van der Waals surface area contributed by atoms with Crippen molar-refractivity contribution in [1.82, 2.24) is 19.4 Å². The Bertz CT molecular complexity index is 526. The van der Waals surface area contributed by atoms with E-state index in [9.17, 15) is 0 Å². The van der Waals surface area contributed by atoms with E-state index in [0.717, 1.165) is 12.1 Å². The van der Waals surface area contributed by atoms with Gasteiger partial charge in [0.05, 0.1) is 11.0 Å². The number of rotatable bonds is 4. The van der Waals surface area contributed by atoms with Crippen LogP contribution in [0, 0.1) is 0 Å². The lowest BCUT2D eigenvalue weighted by Gasteiger charge is -2.32. The maximum absolute atomic E-state index is 4.37. The number of hydrogen-bond acceptors (Lipinski definition) is 3. The molecule has 3 heterocycles. The van der Waals surface area contributed by atoms with Gasteiger partial charge >= 0.3 is 0 Å². The Kier molecular flexibility index (Phi) is 3.80. The van der Waals surface area contributed by atoms with Crippen LogP contribution in [0.5, 0.6) is 0 Å². The Morgan fingerprint density at radius 2 is 1.95 bits per heavy atom. The second-order valence-corrected chi connectivity index (χ2v) is 5.42. The molecule has 2 aromatic heterocycles. The quantitative estimate of drug-likeness (QED) is 0.834. The van der Waals surface area contributed by atoms with Crippen molar-refractivity contribution < 1.29 is 0 Å². The van der Waals surface area contributed by atoms with E-state index in [4.69, 9.17) is 0 Å². The Labute approximate surface area is 114 Å². The first-order chi connectivity index (χ1) is 9.33. The van der Waals surface area contributed by atoms with E-state index in [1.807, 2.05) is 12.3 Å². The largest absolute Gasteiger partial charge is 0.346 e. The topological polar surface area (TPSA) is 24.3 Å². The van der Waals surface area contributed by atoms with Crippen molar-refractivity contribution in [3.05, 3.63) is 30.6 Å². The minimum Gasteiger partial charge on any atom is -0.346 e. The van der Waals surface area contributed by atoms with E-state index in [2.05, 4.69) is 44.7 Å². The summed E-state index contributed by atoms with van der Waals surface area (Å²) in [6.45, 7) is 7.12. The number of likely N-dealkylation sites (N-methyl/N-ethyl adjacent to an activating group) is 1. The lowest BCUT2D eigenvalue weighted by atomic mass is 10.3. The molecule has 0 amide bonds. The maximum atomic E-state index is 4.37. The van der Waals surface area contributed by atoms with Crippen molar-refractivity contribution in [2.45, 2.75) is 13.0 Å². The molecule has 2 aromatic rings. The molecule has 0 atom stereocenters. The molecule has 0 spiro atoms. The molecule has 0 unspecified atom stereocenters. The number of hydrogen-bond donors (Lipinski definition) is 0. The van der Waals surface area contributed by atoms with Crippen molar-refractivity contribution in [1.29, 1.82) is 0 Å². The molecule has 0 aromatic carbocycles. The van der Waals surface area contributed by atoms with Gasteiger partial charge in [0.2, 0.25) is 0 Å². The van der Waals surface area contributed by atoms with E-state index in [1.54, 1.807) is 0 Å². The fourth-order valence-corrected chi connectivity index (χ4v) is 2.75. The van der Waals surface area contributed by atoms with Crippen LogP contribution < -0.4 is 0 Å². The van der Waals surface area contributed by atoms with Gasteiger partial charge in [-0.2, -0.15) is 0 Å². The lowest BCUT2D eigenvalue weighted by Crippen LogP contribution is -2.44. The van der Waals surface area contributed by atoms with Gasteiger partial charge in [-0.3, -0.25) is 4.98 Å². The summed E-state index contributed by atoms with van der Waals surface area (Å²) in [6.07, 6.45) is 5.22. The van der Waals surface area contributed by atoms with Gasteiger partial charge in [-0.1, -0.05) is 0 Å². The summed E-state index contributed by atoms with van der Waals surface area (Å²) >= 11 is 0. The smallest absolute Gasteiger partial charge is 0.0880 e. The number of pyridine rings is 1. The SMILES string of the molecule is CN1CCN(CCCn2ccc3ncccc32)CC1. The van der Waals surface area contributed by atoms with Gasteiger partial charge in [-0.05, 0) is 38.2 Å². The lowest BCUT2D eigenvalue weighted by molar-refractivity contribution is 0.151. The predicted molar refractivity (Wildman–Crippen MR) is 78.3 cm³/mol. The molecular formula is C15H22N4. The predicted octanol–water partition coefficient (Wildman–Crippen LogP) is 1.67. The van der Waals surface area contributed by atoms with E-state index in [-0.39, 0.29) is 0 Å². The van der Waals surface area contributed by atoms with Crippen molar-refractivity contribution in [3.63, 3.8) is 0 Å². The first-order valence-corrected chi connectivity index (χ1v) is 7.14. The molecule has 1 aliphatic rings. The highest BCUT2D eigenvalue weighted by molar-refractivity contribution is 5.75. The van der Waals surface area contributed by atoms with E-state index in [0.29, 0.717) is 0 Å². The van der Waals surface area contributed by atoms with Gasteiger partial charge in [-0.25, -0.2) is 0 Å². The maximum Gasteiger partial charge on any atom is 0.0880 e. The summed E-state index contributed by atoms with van der Waals surface area (Å²) in [5, 5.41) is 0. The molecule has 0 bridgehead atoms. The average Bonchev–Trinajstić information content (AvgIpc) is 2.85. The molecule has 102 valence electrons. The van der Waals surface area contributed by atoms with Crippen molar-refractivity contribution in [2.24, 2.45) is 0 Å². The summed E-state index contributed by atoms with van der Waals surface area (Å²) in [5.74, 6) is 0. The molecular weight excluding hydrogens is 236 g/mol. The first kappa shape index (κ1) is 12.6. The van der Waals surface area contributed by atoms with Crippen LogP contribution in [0.2, 0.25) is 0 Å². The Hall–Kier alpha value is -1.39. The van der Waals surface area contributed by atoms with Crippen molar-refractivity contribution in [2.75, 3.05) is 39.8 Å². The van der Waals surface area contributed by atoms with Gasteiger partial charge in [0.1, 0.15) is 0 Å². The van der Waals surface area contributed by atoms with Crippen LogP contribution in [0.4, 0.5) is 0 Å². The number of nitrogens with zero attached hydrogens (tertiary/aromatic N) is 4. The number of piperazine rings is 1. The van der Waals surface area contributed by atoms with Gasteiger partial charge in [0.25, 0.3) is 0 Å². The fraction of sp³-hybridized carbons (Fsp3) is 0.533. The third-order valence-electron chi connectivity index (χ3n) is 4.01. The molecule has 4 nitrogen and oxygen atoms in total. The van der Waals surface area contributed by atoms with E-state index < -0.39 is 0 Å². The van der Waals surface area contributed by atoms with Gasteiger partial charge < -0.3 is 14.4 Å².